The van der Waals surface area contributed by atoms with Crippen molar-refractivity contribution in [1.82, 2.24) is 4.90 Å². The maximum Gasteiger partial charge on any atom is 0.324 e. The Balaban J connectivity index is 1.56. The molecule has 0 amide bonds. The van der Waals surface area contributed by atoms with Crippen LogP contribution in [0.15, 0.2) is 36.4 Å². The summed E-state index contributed by atoms with van der Waals surface area (Å²) in [7, 11) is 0. The van der Waals surface area contributed by atoms with Crippen molar-refractivity contribution in [1.29, 1.82) is 0 Å². The SMILES string of the molecule is O=[N+]([O-])c1ccc(CN2CCN(c3cccc(Cl)c3)CC2)s1. The Morgan fingerprint density at radius 1 is 1.18 bits per heavy atom. The second-order valence-corrected chi connectivity index (χ2v) is 6.82. The van der Waals surface area contributed by atoms with Crippen LogP contribution in [0.2, 0.25) is 5.02 Å². The van der Waals surface area contributed by atoms with E-state index in [2.05, 4.69) is 15.9 Å². The molecule has 22 heavy (non-hydrogen) atoms. The molecule has 5 nitrogen and oxygen atoms in total. The summed E-state index contributed by atoms with van der Waals surface area (Å²) in [5.74, 6) is 0. The molecule has 1 fully saturated rings. The monoisotopic (exact) mass is 337 g/mol. The lowest BCUT2D eigenvalue weighted by molar-refractivity contribution is -0.380. The first-order chi connectivity index (χ1) is 10.6. The highest BCUT2D eigenvalue weighted by Crippen LogP contribution is 2.26. The Hall–Kier alpha value is -1.63. The Labute approximate surface area is 137 Å². The number of rotatable bonds is 4. The molecule has 1 aromatic heterocycles. The molecular weight excluding hydrogens is 322 g/mol. The van der Waals surface area contributed by atoms with Crippen molar-refractivity contribution in [3.8, 4) is 0 Å². The van der Waals surface area contributed by atoms with Gasteiger partial charge in [0, 0.05) is 54.4 Å². The lowest BCUT2D eigenvalue weighted by Gasteiger charge is -2.35. The van der Waals surface area contributed by atoms with Gasteiger partial charge in [0.15, 0.2) is 0 Å². The Morgan fingerprint density at radius 2 is 1.95 bits per heavy atom. The molecule has 0 spiro atoms. The molecule has 1 aromatic carbocycles. The summed E-state index contributed by atoms with van der Waals surface area (Å²) in [5, 5.41) is 11.7. The lowest BCUT2D eigenvalue weighted by Crippen LogP contribution is -2.45. The summed E-state index contributed by atoms with van der Waals surface area (Å²) in [6.07, 6.45) is 0. The predicted octanol–water partition coefficient (Wildman–Crippen LogP) is 3.63. The summed E-state index contributed by atoms with van der Waals surface area (Å²) < 4.78 is 0. The molecule has 2 heterocycles. The fourth-order valence-electron chi connectivity index (χ4n) is 2.61. The lowest BCUT2D eigenvalue weighted by atomic mass is 10.2. The molecule has 0 atom stereocenters. The summed E-state index contributed by atoms with van der Waals surface area (Å²) >= 11 is 7.30. The van der Waals surface area contributed by atoms with Gasteiger partial charge >= 0.3 is 5.00 Å². The van der Waals surface area contributed by atoms with Gasteiger partial charge in [-0.1, -0.05) is 29.0 Å². The number of thiophene rings is 1. The standard InChI is InChI=1S/C15H16ClN3O2S/c16-12-2-1-3-13(10-12)18-8-6-17(7-9-18)11-14-4-5-15(22-14)19(20)21/h1-5,10H,6-9,11H2. The first-order valence-corrected chi connectivity index (χ1v) is 8.27. The zero-order valence-corrected chi connectivity index (χ0v) is 13.5. The van der Waals surface area contributed by atoms with E-state index < -0.39 is 0 Å². The summed E-state index contributed by atoms with van der Waals surface area (Å²) in [4.78, 5) is 16.1. The van der Waals surface area contributed by atoms with Crippen molar-refractivity contribution in [3.63, 3.8) is 0 Å². The number of nitrogens with zero attached hydrogens (tertiary/aromatic N) is 3. The number of piperazine rings is 1. The van der Waals surface area contributed by atoms with Gasteiger partial charge in [-0.3, -0.25) is 15.0 Å². The molecular formula is C15H16ClN3O2S. The van der Waals surface area contributed by atoms with E-state index in [9.17, 15) is 10.1 Å². The molecule has 0 bridgehead atoms. The van der Waals surface area contributed by atoms with Gasteiger partial charge in [0.05, 0.1) is 4.92 Å². The summed E-state index contributed by atoms with van der Waals surface area (Å²) in [6, 6.07) is 11.3. The molecule has 1 saturated heterocycles. The van der Waals surface area contributed by atoms with Crippen LogP contribution in [-0.2, 0) is 6.54 Å². The second kappa shape index (κ2) is 6.64. The minimum absolute atomic E-state index is 0.215. The van der Waals surface area contributed by atoms with Crippen LogP contribution in [0.25, 0.3) is 0 Å². The highest BCUT2D eigenvalue weighted by Gasteiger charge is 2.19. The van der Waals surface area contributed by atoms with Crippen molar-refractivity contribution in [2.45, 2.75) is 6.54 Å². The van der Waals surface area contributed by atoms with E-state index in [4.69, 9.17) is 11.6 Å². The van der Waals surface area contributed by atoms with Gasteiger partial charge in [-0.15, -0.1) is 0 Å². The van der Waals surface area contributed by atoms with Crippen LogP contribution >= 0.6 is 22.9 Å². The molecule has 0 N–H and O–H groups in total. The number of benzene rings is 1. The van der Waals surface area contributed by atoms with Gasteiger partial charge in [0.25, 0.3) is 0 Å². The van der Waals surface area contributed by atoms with Crippen molar-refractivity contribution >= 4 is 33.6 Å². The third kappa shape index (κ3) is 3.58. The third-order valence-corrected chi connectivity index (χ3v) is 5.01. The predicted molar refractivity (Wildman–Crippen MR) is 89.9 cm³/mol. The fourth-order valence-corrected chi connectivity index (χ4v) is 3.65. The number of halogens is 1. The van der Waals surface area contributed by atoms with Gasteiger partial charge in [-0.05, 0) is 24.3 Å². The minimum Gasteiger partial charge on any atom is -0.369 e. The van der Waals surface area contributed by atoms with Crippen LogP contribution in [0.1, 0.15) is 4.88 Å². The number of hydrogen-bond donors (Lipinski definition) is 0. The van der Waals surface area contributed by atoms with Gasteiger partial charge in [-0.2, -0.15) is 0 Å². The average Bonchev–Trinajstić information content (AvgIpc) is 2.97. The molecule has 0 saturated carbocycles. The Kier molecular flexibility index (Phi) is 4.61. The number of anilines is 1. The van der Waals surface area contributed by atoms with Crippen molar-refractivity contribution in [2.75, 3.05) is 31.1 Å². The second-order valence-electron chi connectivity index (χ2n) is 5.24. The quantitative estimate of drug-likeness (QED) is 0.631. The molecule has 1 aliphatic rings. The largest absolute Gasteiger partial charge is 0.369 e. The maximum atomic E-state index is 10.7. The maximum absolute atomic E-state index is 10.7. The van der Waals surface area contributed by atoms with Crippen LogP contribution < -0.4 is 4.90 Å². The van der Waals surface area contributed by atoms with E-state index in [0.717, 1.165) is 48.3 Å². The smallest absolute Gasteiger partial charge is 0.324 e. The minimum atomic E-state index is -0.328. The molecule has 116 valence electrons. The van der Waals surface area contributed by atoms with Gasteiger partial charge in [0.1, 0.15) is 0 Å². The molecule has 0 unspecified atom stereocenters. The van der Waals surface area contributed by atoms with Crippen LogP contribution in [-0.4, -0.2) is 36.0 Å². The molecule has 1 aliphatic heterocycles. The van der Waals surface area contributed by atoms with Crippen molar-refractivity contribution in [2.24, 2.45) is 0 Å². The molecule has 0 aliphatic carbocycles. The topological polar surface area (TPSA) is 49.6 Å². The van der Waals surface area contributed by atoms with Crippen LogP contribution in [0.3, 0.4) is 0 Å². The van der Waals surface area contributed by atoms with Crippen LogP contribution in [0.4, 0.5) is 10.7 Å². The Morgan fingerprint density at radius 3 is 2.59 bits per heavy atom. The average molecular weight is 338 g/mol. The molecule has 3 rings (SSSR count). The van der Waals surface area contributed by atoms with Gasteiger partial charge in [0.2, 0.25) is 0 Å². The Bertz CT molecular complexity index is 668. The number of nitro groups is 1. The zero-order chi connectivity index (χ0) is 15.5. The normalized spacial score (nSPS) is 16.0. The molecule has 0 radical (unpaired) electrons. The van der Waals surface area contributed by atoms with E-state index in [0.29, 0.717) is 0 Å². The van der Waals surface area contributed by atoms with E-state index >= 15 is 0 Å². The zero-order valence-electron chi connectivity index (χ0n) is 11.9. The van der Waals surface area contributed by atoms with E-state index in [1.54, 1.807) is 6.07 Å². The summed E-state index contributed by atoms with van der Waals surface area (Å²) in [5.41, 5.74) is 1.15. The summed E-state index contributed by atoms with van der Waals surface area (Å²) in [6.45, 7) is 4.54. The van der Waals surface area contributed by atoms with E-state index in [1.165, 1.54) is 11.3 Å². The highest BCUT2D eigenvalue weighted by molar-refractivity contribution is 7.15. The van der Waals surface area contributed by atoms with Crippen LogP contribution in [0, 0.1) is 10.1 Å². The fraction of sp³-hybridized carbons (Fsp3) is 0.333. The van der Waals surface area contributed by atoms with Gasteiger partial charge in [-0.25, -0.2) is 0 Å². The van der Waals surface area contributed by atoms with Crippen LogP contribution in [0.5, 0.6) is 0 Å². The highest BCUT2D eigenvalue weighted by atomic mass is 35.5. The van der Waals surface area contributed by atoms with E-state index in [-0.39, 0.29) is 9.92 Å². The van der Waals surface area contributed by atoms with Gasteiger partial charge < -0.3 is 4.90 Å². The molecule has 7 heteroatoms. The first-order valence-electron chi connectivity index (χ1n) is 7.08. The first kappa shape index (κ1) is 15.3. The van der Waals surface area contributed by atoms with E-state index in [1.807, 2.05) is 24.3 Å². The van der Waals surface area contributed by atoms with Crippen molar-refractivity contribution < 1.29 is 4.92 Å². The van der Waals surface area contributed by atoms with Crippen molar-refractivity contribution in [3.05, 3.63) is 56.4 Å². The molecule has 2 aromatic rings. The number of hydrogen-bond acceptors (Lipinski definition) is 5. The third-order valence-electron chi connectivity index (χ3n) is 3.75.